The van der Waals surface area contributed by atoms with Crippen molar-refractivity contribution in [1.29, 1.82) is 0 Å². The van der Waals surface area contributed by atoms with Crippen LogP contribution in [0.3, 0.4) is 0 Å². The van der Waals surface area contributed by atoms with Gasteiger partial charge in [0.05, 0.1) is 12.8 Å². The van der Waals surface area contributed by atoms with Crippen molar-refractivity contribution < 1.29 is 9.53 Å². The van der Waals surface area contributed by atoms with Crippen LogP contribution < -0.4 is 15.6 Å². The standard InChI is InChI=1S/C14H14N2O3/c1-19-12-7-3-2-6-11(12)15-13(17)10-16-9-5-4-8-14(16)18/h2-9H,10H2,1H3,(H,15,17). The Labute approximate surface area is 110 Å². The van der Waals surface area contributed by atoms with Gasteiger partial charge in [-0.15, -0.1) is 0 Å². The maximum absolute atomic E-state index is 11.9. The van der Waals surface area contributed by atoms with E-state index < -0.39 is 0 Å². The van der Waals surface area contributed by atoms with Crippen molar-refractivity contribution in [3.05, 3.63) is 59.0 Å². The molecule has 5 nitrogen and oxygen atoms in total. The molecule has 0 spiro atoms. The second-order valence-corrected chi connectivity index (χ2v) is 3.92. The largest absolute Gasteiger partial charge is 0.495 e. The summed E-state index contributed by atoms with van der Waals surface area (Å²) >= 11 is 0. The predicted octanol–water partition coefficient (Wildman–Crippen LogP) is 1.50. The van der Waals surface area contributed by atoms with E-state index in [1.807, 2.05) is 6.07 Å². The average molecular weight is 258 g/mol. The van der Waals surface area contributed by atoms with Crippen LogP contribution in [0, 0.1) is 0 Å². The number of hydrogen-bond donors (Lipinski definition) is 1. The van der Waals surface area contributed by atoms with Crippen molar-refractivity contribution >= 4 is 11.6 Å². The van der Waals surface area contributed by atoms with Crippen LogP contribution in [-0.4, -0.2) is 17.6 Å². The molecule has 2 rings (SSSR count). The third kappa shape index (κ3) is 3.22. The number of nitrogens with zero attached hydrogens (tertiary/aromatic N) is 1. The van der Waals surface area contributed by atoms with Crippen LogP contribution in [-0.2, 0) is 11.3 Å². The molecule has 0 unspecified atom stereocenters. The molecule has 0 atom stereocenters. The fraction of sp³-hybridized carbons (Fsp3) is 0.143. The molecule has 2 aromatic rings. The normalized spacial score (nSPS) is 9.95. The van der Waals surface area contributed by atoms with Crippen LogP contribution in [0.1, 0.15) is 0 Å². The van der Waals surface area contributed by atoms with Gasteiger partial charge in [0.1, 0.15) is 12.3 Å². The number of rotatable bonds is 4. The molecule has 1 aromatic carbocycles. The van der Waals surface area contributed by atoms with E-state index in [-0.39, 0.29) is 18.0 Å². The lowest BCUT2D eigenvalue weighted by atomic mass is 10.3. The van der Waals surface area contributed by atoms with Crippen LogP contribution in [0.25, 0.3) is 0 Å². The van der Waals surface area contributed by atoms with Crippen molar-refractivity contribution in [2.24, 2.45) is 0 Å². The second-order valence-electron chi connectivity index (χ2n) is 3.92. The maximum Gasteiger partial charge on any atom is 0.250 e. The van der Waals surface area contributed by atoms with E-state index in [9.17, 15) is 9.59 Å². The molecule has 1 amide bonds. The van der Waals surface area contributed by atoms with E-state index >= 15 is 0 Å². The number of carbonyl (C=O) groups is 1. The highest BCUT2D eigenvalue weighted by atomic mass is 16.5. The van der Waals surface area contributed by atoms with Crippen molar-refractivity contribution in [2.45, 2.75) is 6.54 Å². The Morgan fingerprint density at radius 2 is 1.95 bits per heavy atom. The van der Waals surface area contributed by atoms with Crippen LogP contribution in [0.4, 0.5) is 5.69 Å². The number of para-hydroxylation sites is 2. The highest BCUT2D eigenvalue weighted by Gasteiger charge is 2.07. The fourth-order valence-electron chi connectivity index (χ4n) is 1.68. The highest BCUT2D eigenvalue weighted by Crippen LogP contribution is 2.22. The van der Waals surface area contributed by atoms with Gasteiger partial charge in [-0.05, 0) is 18.2 Å². The highest BCUT2D eigenvalue weighted by molar-refractivity contribution is 5.92. The lowest BCUT2D eigenvalue weighted by molar-refractivity contribution is -0.116. The minimum absolute atomic E-state index is 0.0300. The van der Waals surface area contributed by atoms with Gasteiger partial charge in [0, 0.05) is 12.3 Å². The van der Waals surface area contributed by atoms with Gasteiger partial charge in [0.25, 0.3) is 5.56 Å². The number of ether oxygens (including phenoxy) is 1. The average Bonchev–Trinajstić information content (AvgIpc) is 2.42. The van der Waals surface area contributed by atoms with Crippen molar-refractivity contribution in [3.63, 3.8) is 0 Å². The monoisotopic (exact) mass is 258 g/mol. The number of amides is 1. The summed E-state index contributed by atoms with van der Waals surface area (Å²) < 4.78 is 6.47. The first-order valence-corrected chi connectivity index (χ1v) is 5.79. The summed E-state index contributed by atoms with van der Waals surface area (Å²) in [6.45, 7) is -0.0300. The molecule has 98 valence electrons. The minimum Gasteiger partial charge on any atom is -0.495 e. The fourth-order valence-corrected chi connectivity index (χ4v) is 1.68. The summed E-state index contributed by atoms with van der Waals surface area (Å²) in [5.74, 6) is 0.300. The van der Waals surface area contributed by atoms with Gasteiger partial charge in [0.15, 0.2) is 0 Å². The number of aromatic nitrogens is 1. The van der Waals surface area contributed by atoms with Crippen molar-refractivity contribution in [3.8, 4) is 5.75 Å². The van der Waals surface area contributed by atoms with E-state index in [2.05, 4.69) is 5.32 Å². The molecule has 0 radical (unpaired) electrons. The number of nitrogens with one attached hydrogen (secondary N) is 1. The van der Waals surface area contributed by atoms with E-state index in [1.165, 1.54) is 17.7 Å². The van der Waals surface area contributed by atoms with Crippen molar-refractivity contribution in [2.75, 3.05) is 12.4 Å². The smallest absolute Gasteiger partial charge is 0.250 e. The van der Waals surface area contributed by atoms with Gasteiger partial charge in [-0.25, -0.2) is 0 Å². The second kappa shape index (κ2) is 5.86. The number of benzene rings is 1. The zero-order chi connectivity index (χ0) is 13.7. The zero-order valence-corrected chi connectivity index (χ0v) is 10.5. The SMILES string of the molecule is COc1ccccc1NC(=O)Cn1ccccc1=O. The number of carbonyl (C=O) groups excluding carboxylic acids is 1. The van der Waals surface area contributed by atoms with Crippen LogP contribution in [0.15, 0.2) is 53.5 Å². The molecule has 1 heterocycles. The summed E-state index contributed by atoms with van der Waals surface area (Å²) in [7, 11) is 1.53. The molecule has 0 saturated carbocycles. The number of hydrogen-bond acceptors (Lipinski definition) is 3. The molecular formula is C14H14N2O3. The van der Waals surface area contributed by atoms with E-state index in [0.717, 1.165) is 0 Å². The van der Waals surface area contributed by atoms with E-state index in [1.54, 1.807) is 36.5 Å². The van der Waals surface area contributed by atoms with Gasteiger partial charge in [-0.1, -0.05) is 18.2 Å². The molecule has 19 heavy (non-hydrogen) atoms. The lowest BCUT2D eigenvalue weighted by Gasteiger charge is -2.10. The van der Waals surface area contributed by atoms with Crippen molar-refractivity contribution in [1.82, 2.24) is 4.57 Å². The molecule has 1 N–H and O–H groups in total. The van der Waals surface area contributed by atoms with Gasteiger partial charge < -0.3 is 14.6 Å². The molecule has 0 aliphatic carbocycles. The van der Waals surface area contributed by atoms with Crippen LogP contribution in [0.2, 0.25) is 0 Å². The van der Waals surface area contributed by atoms with Gasteiger partial charge in [-0.3, -0.25) is 9.59 Å². The Hall–Kier alpha value is -2.56. The summed E-state index contributed by atoms with van der Waals surface area (Å²) in [5, 5.41) is 2.71. The zero-order valence-electron chi connectivity index (χ0n) is 10.5. The molecule has 5 heteroatoms. The summed E-state index contributed by atoms with van der Waals surface area (Å²) in [6, 6.07) is 11.9. The first kappa shape index (κ1) is 12.9. The third-order valence-corrected chi connectivity index (χ3v) is 2.59. The number of pyridine rings is 1. The summed E-state index contributed by atoms with van der Waals surface area (Å²) in [5.41, 5.74) is 0.372. The van der Waals surface area contributed by atoms with Crippen LogP contribution in [0.5, 0.6) is 5.75 Å². The molecule has 0 fully saturated rings. The topological polar surface area (TPSA) is 60.3 Å². The van der Waals surface area contributed by atoms with E-state index in [0.29, 0.717) is 11.4 Å². The Morgan fingerprint density at radius 1 is 1.21 bits per heavy atom. The predicted molar refractivity (Wildman–Crippen MR) is 72.3 cm³/mol. The molecular weight excluding hydrogens is 244 g/mol. The molecule has 0 aliphatic rings. The Morgan fingerprint density at radius 3 is 2.68 bits per heavy atom. The van der Waals surface area contributed by atoms with Gasteiger partial charge in [0.2, 0.25) is 5.91 Å². The Balaban J connectivity index is 2.10. The first-order chi connectivity index (χ1) is 9.20. The first-order valence-electron chi connectivity index (χ1n) is 5.79. The minimum atomic E-state index is -0.280. The summed E-state index contributed by atoms with van der Waals surface area (Å²) in [4.78, 5) is 23.4. The number of methoxy groups -OCH3 is 1. The molecule has 1 aromatic heterocycles. The third-order valence-electron chi connectivity index (χ3n) is 2.59. The van der Waals surface area contributed by atoms with E-state index in [4.69, 9.17) is 4.74 Å². The Bertz CT molecular complexity index is 634. The summed E-state index contributed by atoms with van der Waals surface area (Å²) in [6.07, 6.45) is 1.57. The van der Waals surface area contributed by atoms with Gasteiger partial charge in [-0.2, -0.15) is 0 Å². The van der Waals surface area contributed by atoms with Crippen LogP contribution >= 0.6 is 0 Å². The van der Waals surface area contributed by atoms with Gasteiger partial charge >= 0.3 is 0 Å². The number of anilines is 1. The molecule has 0 saturated heterocycles. The molecule has 0 bridgehead atoms. The molecule has 0 aliphatic heterocycles. The lowest BCUT2D eigenvalue weighted by Crippen LogP contribution is -2.26. The maximum atomic E-state index is 11.9. The quantitative estimate of drug-likeness (QED) is 0.904. The Kier molecular flexibility index (Phi) is 3.97.